The van der Waals surface area contributed by atoms with Crippen LogP contribution < -0.4 is 0 Å². The fraction of sp³-hybridized carbons (Fsp3) is 0.900. The van der Waals surface area contributed by atoms with Gasteiger partial charge in [0.05, 0.1) is 0 Å². The molecule has 0 aliphatic carbocycles. The molecule has 0 N–H and O–H groups in total. The molecule has 0 saturated carbocycles. The quantitative estimate of drug-likeness (QED) is 0.0261. The van der Waals surface area contributed by atoms with E-state index in [1.54, 1.807) is 0 Å². The molecule has 0 spiro atoms. The molecule has 0 aliphatic heterocycles. The van der Waals surface area contributed by atoms with E-state index in [0.29, 0.717) is 19.3 Å². The summed E-state index contributed by atoms with van der Waals surface area (Å²) in [5.41, 5.74) is 0. The van der Waals surface area contributed by atoms with E-state index in [0.717, 1.165) is 57.8 Å². The Labute approximate surface area is 474 Å². The first-order chi connectivity index (χ1) is 37.5. The Morgan fingerprint density at radius 3 is 0.658 bits per heavy atom. The molecule has 76 heavy (non-hydrogen) atoms. The average Bonchev–Trinajstić information content (AvgIpc) is 3.42. The van der Waals surface area contributed by atoms with Gasteiger partial charge in [-0.2, -0.15) is 0 Å². The van der Waals surface area contributed by atoms with Crippen LogP contribution in [0, 0.1) is 0 Å². The molecule has 0 aromatic carbocycles. The molecule has 0 bridgehead atoms. The number of allylic oxidation sites excluding steroid dienone is 4. The van der Waals surface area contributed by atoms with Crippen molar-refractivity contribution in [3.8, 4) is 0 Å². The van der Waals surface area contributed by atoms with Crippen LogP contribution in [0.5, 0.6) is 0 Å². The second-order valence-corrected chi connectivity index (χ2v) is 23.4. The maximum Gasteiger partial charge on any atom is 0.306 e. The smallest absolute Gasteiger partial charge is 0.306 e. The van der Waals surface area contributed by atoms with E-state index >= 15 is 0 Å². The Bertz CT molecular complexity index is 1230. The number of esters is 3. The van der Waals surface area contributed by atoms with Gasteiger partial charge in [-0.3, -0.25) is 14.4 Å². The van der Waals surface area contributed by atoms with Gasteiger partial charge in [0.1, 0.15) is 13.2 Å². The molecule has 448 valence electrons. The van der Waals surface area contributed by atoms with Crippen molar-refractivity contribution in [1.29, 1.82) is 0 Å². The molecule has 0 saturated heterocycles. The van der Waals surface area contributed by atoms with Gasteiger partial charge in [-0.25, -0.2) is 0 Å². The van der Waals surface area contributed by atoms with Crippen molar-refractivity contribution in [3.63, 3.8) is 0 Å². The van der Waals surface area contributed by atoms with Crippen LogP contribution in [-0.4, -0.2) is 37.2 Å². The Morgan fingerprint density at radius 1 is 0.250 bits per heavy atom. The molecular weight excluding hydrogens is 937 g/mol. The summed E-state index contributed by atoms with van der Waals surface area (Å²) < 4.78 is 17.0. The second kappa shape index (κ2) is 65.4. The minimum absolute atomic E-state index is 0.0672. The molecule has 0 amide bonds. The molecule has 1 atom stereocenters. The van der Waals surface area contributed by atoms with Crippen LogP contribution in [0.25, 0.3) is 0 Å². The highest BCUT2D eigenvalue weighted by molar-refractivity contribution is 5.71. The number of ether oxygens (including phenoxy) is 3. The fourth-order valence-electron chi connectivity index (χ4n) is 10.5. The van der Waals surface area contributed by atoms with Gasteiger partial charge in [0.2, 0.25) is 0 Å². The number of hydrogen-bond donors (Lipinski definition) is 0. The minimum Gasteiger partial charge on any atom is -0.462 e. The summed E-state index contributed by atoms with van der Waals surface area (Å²) in [5.74, 6) is -0.842. The molecule has 0 aromatic rings. The number of hydrogen-bond acceptors (Lipinski definition) is 6. The molecule has 0 fully saturated rings. The first kappa shape index (κ1) is 73.9. The van der Waals surface area contributed by atoms with Crippen LogP contribution in [0.1, 0.15) is 387 Å². The van der Waals surface area contributed by atoms with Gasteiger partial charge >= 0.3 is 17.9 Å². The van der Waals surface area contributed by atoms with Crippen LogP contribution >= 0.6 is 0 Å². The van der Waals surface area contributed by atoms with E-state index in [1.807, 2.05) is 0 Å². The van der Waals surface area contributed by atoms with Crippen LogP contribution in [0.4, 0.5) is 0 Å². The Kier molecular flexibility index (Phi) is 63.6. The van der Waals surface area contributed by atoms with E-state index < -0.39 is 6.10 Å². The van der Waals surface area contributed by atoms with Crippen LogP contribution in [-0.2, 0) is 28.6 Å². The highest BCUT2D eigenvalue weighted by atomic mass is 16.6. The summed E-state index contributed by atoms with van der Waals surface area (Å²) in [6.07, 6.45) is 79.1. The normalized spacial score (nSPS) is 12.1. The molecule has 6 nitrogen and oxygen atoms in total. The summed E-state index contributed by atoms with van der Waals surface area (Å²) in [5, 5.41) is 0. The SMILES string of the molecule is CCCCCCCCC/C=C\CCCCCCCCCC(=O)OC(COC(=O)CCCCCCCCCCCCCCC/C=C\CCCCCCCCCC)COC(=O)CCCCCCCCCCCCCCCCC. The monoisotopic (exact) mass is 1070 g/mol. The van der Waals surface area contributed by atoms with Gasteiger partial charge in [0, 0.05) is 19.3 Å². The van der Waals surface area contributed by atoms with E-state index in [-0.39, 0.29) is 31.1 Å². The van der Waals surface area contributed by atoms with Crippen molar-refractivity contribution in [1.82, 2.24) is 0 Å². The average molecular weight is 1070 g/mol. The third-order valence-corrected chi connectivity index (χ3v) is 15.7. The van der Waals surface area contributed by atoms with Gasteiger partial charge in [-0.05, 0) is 70.6 Å². The summed E-state index contributed by atoms with van der Waals surface area (Å²) >= 11 is 0. The number of rotatable bonds is 64. The Hall–Kier alpha value is -2.11. The zero-order valence-corrected chi connectivity index (χ0v) is 51.6. The Morgan fingerprint density at radius 2 is 0.434 bits per heavy atom. The number of carbonyl (C=O) groups excluding carboxylic acids is 3. The van der Waals surface area contributed by atoms with E-state index in [1.165, 1.54) is 289 Å². The predicted octanol–water partition coefficient (Wildman–Crippen LogP) is 23.4. The summed E-state index contributed by atoms with van der Waals surface area (Å²) in [4.78, 5) is 38.4. The summed E-state index contributed by atoms with van der Waals surface area (Å²) in [6.45, 7) is 6.71. The lowest BCUT2D eigenvalue weighted by Crippen LogP contribution is -2.30. The van der Waals surface area contributed by atoms with Crippen LogP contribution in [0.3, 0.4) is 0 Å². The maximum atomic E-state index is 12.9. The first-order valence-electron chi connectivity index (χ1n) is 34.3. The molecule has 1 unspecified atom stereocenters. The van der Waals surface area contributed by atoms with E-state index in [9.17, 15) is 14.4 Å². The largest absolute Gasteiger partial charge is 0.462 e. The van der Waals surface area contributed by atoms with Crippen LogP contribution in [0.2, 0.25) is 0 Å². The minimum atomic E-state index is -0.771. The second-order valence-electron chi connectivity index (χ2n) is 23.4. The molecule has 6 heteroatoms. The van der Waals surface area contributed by atoms with Gasteiger partial charge in [-0.1, -0.05) is 321 Å². The lowest BCUT2D eigenvalue weighted by Gasteiger charge is -2.18. The van der Waals surface area contributed by atoms with Crippen molar-refractivity contribution in [2.24, 2.45) is 0 Å². The molecule has 0 radical (unpaired) electrons. The van der Waals surface area contributed by atoms with Gasteiger partial charge in [0.25, 0.3) is 0 Å². The standard InChI is InChI=1S/C70H132O6/c1-4-7-10-13-16-19-22-25-28-30-32-33-34-35-36-37-38-40-42-45-48-51-54-57-60-63-69(72)75-66-67(65-74-68(71)62-59-56-53-50-47-44-41-27-24-21-18-15-12-9-6-3)76-70(73)64-61-58-55-52-49-46-43-39-31-29-26-23-20-17-14-11-8-5-2/h29-32,67H,4-28,33-66H2,1-3H3/b31-29-,32-30-. The van der Waals surface area contributed by atoms with Crippen molar-refractivity contribution in [2.45, 2.75) is 393 Å². The zero-order chi connectivity index (χ0) is 55.0. The zero-order valence-electron chi connectivity index (χ0n) is 51.6. The van der Waals surface area contributed by atoms with Crippen molar-refractivity contribution in [2.75, 3.05) is 13.2 Å². The topological polar surface area (TPSA) is 78.9 Å². The van der Waals surface area contributed by atoms with Crippen molar-refractivity contribution >= 4 is 17.9 Å². The molecule has 0 heterocycles. The Balaban J connectivity index is 4.26. The van der Waals surface area contributed by atoms with Gasteiger partial charge in [-0.15, -0.1) is 0 Å². The predicted molar refractivity (Wildman–Crippen MR) is 330 cm³/mol. The van der Waals surface area contributed by atoms with Gasteiger partial charge < -0.3 is 14.2 Å². The molecule has 0 rings (SSSR count). The molecule has 0 aromatic heterocycles. The highest BCUT2D eigenvalue weighted by Crippen LogP contribution is 2.18. The number of carbonyl (C=O) groups is 3. The lowest BCUT2D eigenvalue weighted by atomic mass is 10.0. The highest BCUT2D eigenvalue weighted by Gasteiger charge is 2.19. The van der Waals surface area contributed by atoms with Crippen molar-refractivity contribution < 1.29 is 28.6 Å². The first-order valence-corrected chi connectivity index (χ1v) is 34.3. The molecule has 0 aliphatic rings. The lowest BCUT2D eigenvalue weighted by molar-refractivity contribution is -0.167. The summed E-state index contributed by atoms with van der Waals surface area (Å²) in [7, 11) is 0. The third-order valence-electron chi connectivity index (χ3n) is 15.7. The van der Waals surface area contributed by atoms with E-state index in [4.69, 9.17) is 14.2 Å². The maximum absolute atomic E-state index is 12.9. The van der Waals surface area contributed by atoms with Crippen LogP contribution in [0.15, 0.2) is 24.3 Å². The van der Waals surface area contributed by atoms with E-state index in [2.05, 4.69) is 45.1 Å². The fourth-order valence-corrected chi connectivity index (χ4v) is 10.5. The van der Waals surface area contributed by atoms with Gasteiger partial charge in [0.15, 0.2) is 6.10 Å². The van der Waals surface area contributed by atoms with Crippen molar-refractivity contribution in [3.05, 3.63) is 24.3 Å². The third kappa shape index (κ3) is 62.7. The summed E-state index contributed by atoms with van der Waals surface area (Å²) in [6, 6.07) is 0. The number of unbranched alkanes of at least 4 members (excludes halogenated alkanes) is 49. The molecular formula is C70H132O6.